The summed E-state index contributed by atoms with van der Waals surface area (Å²) in [6, 6.07) is 6.27. The second kappa shape index (κ2) is 6.26. The first kappa shape index (κ1) is 12.7. The number of rotatable bonds is 5. The fraction of sp³-hybridized carbons (Fsp3) is 0.538. The highest BCUT2D eigenvalue weighted by atomic mass is 79.9. The zero-order chi connectivity index (χ0) is 11.3. The summed E-state index contributed by atoms with van der Waals surface area (Å²) in [5.74, 6) is 0.00266. The second-order valence-electron chi connectivity index (χ2n) is 4.05. The average Bonchev–Trinajstić information content (AvgIpc) is 2.24. The van der Waals surface area contributed by atoms with Gasteiger partial charge in [0.05, 0.1) is 6.67 Å². The standard InChI is InChI=1S/C13H18BrF/c1-3-4-5-11-6-12(10(2)9-15)8-13(14)7-11/h6-8,10H,3-5,9H2,1-2H3. The van der Waals surface area contributed by atoms with E-state index in [1.165, 1.54) is 18.4 Å². The summed E-state index contributed by atoms with van der Waals surface area (Å²) < 4.78 is 13.6. The lowest BCUT2D eigenvalue weighted by molar-refractivity contribution is 0.447. The fourth-order valence-electron chi connectivity index (χ4n) is 1.57. The van der Waals surface area contributed by atoms with Crippen LogP contribution in [0.3, 0.4) is 0 Å². The lowest BCUT2D eigenvalue weighted by atomic mass is 9.98. The number of alkyl halides is 1. The van der Waals surface area contributed by atoms with Crippen LogP contribution in [-0.2, 0) is 6.42 Å². The van der Waals surface area contributed by atoms with Crippen LogP contribution in [0.4, 0.5) is 4.39 Å². The Morgan fingerprint density at radius 2 is 2.07 bits per heavy atom. The number of aryl methyl sites for hydroxylation is 1. The third-order valence-electron chi connectivity index (χ3n) is 2.60. The largest absolute Gasteiger partial charge is 0.250 e. The molecule has 1 atom stereocenters. The van der Waals surface area contributed by atoms with E-state index >= 15 is 0 Å². The fourth-order valence-corrected chi connectivity index (χ4v) is 2.13. The van der Waals surface area contributed by atoms with Crippen LogP contribution in [0.15, 0.2) is 22.7 Å². The van der Waals surface area contributed by atoms with Gasteiger partial charge in [0.2, 0.25) is 0 Å². The highest BCUT2D eigenvalue weighted by Gasteiger charge is 2.07. The summed E-state index contributed by atoms with van der Waals surface area (Å²) in [6.45, 7) is 3.82. The summed E-state index contributed by atoms with van der Waals surface area (Å²) in [6.07, 6.45) is 3.47. The molecular weight excluding hydrogens is 255 g/mol. The van der Waals surface area contributed by atoms with E-state index in [9.17, 15) is 4.39 Å². The topological polar surface area (TPSA) is 0 Å². The summed E-state index contributed by atoms with van der Waals surface area (Å²) in [5.41, 5.74) is 2.40. The Hall–Kier alpha value is -0.370. The van der Waals surface area contributed by atoms with Gasteiger partial charge in [-0.2, -0.15) is 0 Å². The minimum Gasteiger partial charge on any atom is -0.250 e. The van der Waals surface area contributed by atoms with Crippen LogP contribution in [0.5, 0.6) is 0 Å². The Morgan fingerprint density at radius 3 is 2.67 bits per heavy atom. The Morgan fingerprint density at radius 1 is 1.33 bits per heavy atom. The molecule has 0 aliphatic carbocycles. The third kappa shape index (κ3) is 3.94. The summed E-state index contributed by atoms with van der Waals surface area (Å²) >= 11 is 3.48. The van der Waals surface area contributed by atoms with Gasteiger partial charge < -0.3 is 0 Å². The van der Waals surface area contributed by atoms with Crippen LogP contribution in [-0.4, -0.2) is 6.67 Å². The Kier molecular flexibility index (Phi) is 5.30. The minimum absolute atomic E-state index is 0.00266. The van der Waals surface area contributed by atoms with Crippen LogP contribution in [0.25, 0.3) is 0 Å². The zero-order valence-electron chi connectivity index (χ0n) is 9.39. The molecule has 1 rings (SSSR count). The van der Waals surface area contributed by atoms with Crippen molar-refractivity contribution in [3.63, 3.8) is 0 Å². The first-order chi connectivity index (χ1) is 7.17. The molecule has 2 heteroatoms. The number of benzene rings is 1. The lowest BCUT2D eigenvalue weighted by Crippen LogP contribution is -1.97. The van der Waals surface area contributed by atoms with Crippen molar-refractivity contribution in [2.45, 2.75) is 39.0 Å². The van der Waals surface area contributed by atoms with E-state index in [1.807, 2.05) is 13.0 Å². The molecule has 15 heavy (non-hydrogen) atoms. The van der Waals surface area contributed by atoms with Crippen molar-refractivity contribution in [3.8, 4) is 0 Å². The molecule has 1 unspecified atom stereocenters. The number of hydrogen-bond donors (Lipinski definition) is 0. The molecule has 0 saturated heterocycles. The van der Waals surface area contributed by atoms with Crippen molar-refractivity contribution in [1.82, 2.24) is 0 Å². The smallest absolute Gasteiger partial charge is 0.0960 e. The van der Waals surface area contributed by atoms with E-state index in [0.29, 0.717) is 0 Å². The molecule has 1 aromatic rings. The molecule has 0 amide bonds. The molecule has 0 N–H and O–H groups in total. The van der Waals surface area contributed by atoms with Crippen molar-refractivity contribution >= 4 is 15.9 Å². The molecule has 0 spiro atoms. The maximum Gasteiger partial charge on any atom is 0.0960 e. The lowest BCUT2D eigenvalue weighted by Gasteiger charge is -2.10. The van der Waals surface area contributed by atoms with E-state index < -0.39 is 0 Å². The first-order valence-corrected chi connectivity index (χ1v) is 6.32. The normalized spacial score (nSPS) is 12.8. The van der Waals surface area contributed by atoms with Gasteiger partial charge in [0, 0.05) is 10.4 Å². The van der Waals surface area contributed by atoms with Crippen LogP contribution >= 0.6 is 15.9 Å². The molecule has 0 aromatic heterocycles. The monoisotopic (exact) mass is 272 g/mol. The minimum atomic E-state index is -0.288. The highest BCUT2D eigenvalue weighted by Crippen LogP contribution is 2.23. The Bertz CT molecular complexity index is 309. The number of hydrogen-bond acceptors (Lipinski definition) is 0. The molecule has 84 valence electrons. The zero-order valence-corrected chi connectivity index (χ0v) is 11.0. The predicted octanol–water partition coefficient (Wildman–Crippen LogP) is 4.86. The van der Waals surface area contributed by atoms with Crippen LogP contribution in [0, 0.1) is 0 Å². The first-order valence-electron chi connectivity index (χ1n) is 5.52. The van der Waals surface area contributed by atoms with Crippen molar-refractivity contribution in [2.24, 2.45) is 0 Å². The maximum absolute atomic E-state index is 12.6. The molecule has 0 aliphatic rings. The Labute approximate surface area is 100 Å². The average molecular weight is 273 g/mol. The van der Waals surface area contributed by atoms with Crippen LogP contribution in [0.2, 0.25) is 0 Å². The molecule has 0 saturated carbocycles. The molecular formula is C13H18BrF. The summed E-state index contributed by atoms with van der Waals surface area (Å²) in [5, 5.41) is 0. The summed E-state index contributed by atoms with van der Waals surface area (Å²) in [7, 11) is 0. The molecule has 0 nitrogen and oxygen atoms in total. The molecule has 1 aromatic carbocycles. The molecule has 0 fully saturated rings. The van der Waals surface area contributed by atoms with E-state index in [4.69, 9.17) is 0 Å². The van der Waals surface area contributed by atoms with Gasteiger partial charge in [0.15, 0.2) is 0 Å². The SMILES string of the molecule is CCCCc1cc(Br)cc(C(C)CF)c1. The van der Waals surface area contributed by atoms with Gasteiger partial charge in [-0.1, -0.05) is 42.3 Å². The van der Waals surface area contributed by atoms with E-state index in [0.717, 1.165) is 16.5 Å². The van der Waals surface area contributed by atoms with Crippen LogP contribution in [0.1, 0.15) is 43.7 Å². The van der Waals surface area contributed by atoms with Gasteiger partial charge in [0.25, 0.3) is 0 Å². The Balaban J connectivity index is 2.84. The van der Waals surface area contributed by atoms with Gasteiger partial charge in [-0.15, -0.1) is 0 Å². The van der Waals surface area contributed by atoms with Crippen molar-refractivity contribution in [1.29, 1.82) is 0 Å². The maximum atomic E-state index is 12.6. The second-order valence-corrected chi connectivity index (χ2v) is 4.97. The van der Waals surface area contributed by atoms with E-state index in [1.54, 1.807) is 0 Å². The number of unbranched alkanes of at least 4 members (excludes halogenated alkanes) is 1. The van der Waals surface area contributed by atoms with Crippen molar-refractivity contribution in [3.05, 3.63) is 33.8 Å². The van der Waals surface area contributed by atoms with Crippen LogP contribution < -0.4 is 0 Å². The summed E-state index contributed by atoms with van der Waals surface area (Å²) in [4.78, 5) is 0. The quantitative estimate of drug-likeness (QED) is 0.718. The number of halogens is 2. The highest BCUT2D eigenvalue weighted by molar-refractivity contribution is 9.10. The predicted molar refractivity (Wildman–Crippen MR) is 67.1 cm³/mol. The van der Waals surface area contributed by atoms with Gasteiger partial charge in [-0.3, -0.25) is 4.39 Å². The van der Waals surface area contributed by atoms with Gasteiger partial charge in [-0.25, -0.2) is 0 Å². The van der Waals surface area contributed by atoms with Gasteiger partial charge >= 0.3 is 0 Å². The van der Waals surface area contributed by atoms with Crippen molar-refractivity contribution < 1.29 is 4.39 Å². The van der Waals surface area contributed by atoms with E-state index in [2.05, 4.69) is 35.0 Å². The van der Waals surface area contributed by atoms with Gasteiger partial charge in [0.1, 0.15) is 0 Å². The molecule has 0 heterocycles. The molecule has 0 radical (unpaired) electrons. The molecule has 0 aliphatic heterocycles. The van der Waals surface area contributed by atoms with Crippen molar-refractivity contribution in [2.75, 3.05) is 6.67 Å². The van der Waals surface area contributed by atoms with Gasteiger partial charge in [-0.05, 0) is 36.1 Å². The molecule has 0 bridgehead atoms. The van der Waals surface area contributed by atoms with E-state index in [-0.39, 0.29) is 12.6 Å². The third-order valence-corrected chi connectivity index (χ3v) is 3.06.